The molecular formula is C22H34BrNO3. The molecule has 152 valence electrons. The zero-order chi connectivity index (χ0) is 19.3. The molecule has 0 heterocycles. The molecule has 0 unspecified atom stereocenters. The van der Waals surface area contributed by atoms with E-state index in [1.807, 2.05) is 42.2 Å². The highest BCUT2D eigenvalue weighted by atomic mass is 79.9. The summed E-state index contributed by atoms with van der Waals surface area (Å²) in [6.45, 7) is 3.93. The van der Waals surface area contributed by atoms with Crippen LogP contribution in [0.4, 0.5) is 4.79 Å². The molecule has 2 rings (SSSR count). The van der Waals surface area contributed by atoms with Crippen LogP contribution in [0.3, 0.4) is 0 Å². The van der Waals surface area contributed by atoms with Gasteiger partial charge in [-0.25, -0.2) is 4.79 Å². The summed E-state index contributed by atoms with van der Waals surface area (Å²) in [6, 6.07) is 10.1. The summed E-state index contributed by atoms with van der Waals surface area (Å²) in [6.07, 6.45) is 9.16. The smallest absolute Gasteiger partial charge is 0.410 e. The molecule has 0 spiro atoms. The highest BCUT2D eigenvalue weighted by Gasteiger charge is 2.29. The van der Waals surface area contributed by atoms with Gasteiger partial charge in [0.15, 0.2) is 0 Å². The van der Waals surface area contributed by atoms with Gasteiger partial charge in [0.2, 0.25) is 0 Å². The zero-order valence-corrected chi connectivity index (χ0v) is 18.2. The number of halogens is 1. The lowest BCUT2D eigenvalue weighted by Crippen LogP contribution is -2.43. The van der Waals surface area contributed by atoms with Gasteiger partial charge in [-0.3, -0.25) is 0 Å². The molecule has 0 bridgehead atoms. The average Bonchev–Trinajstić information content (AvgIpc) is 2.71. The average molecular weight is 440 g/mol. The summed E-state index contributed by atoms with van der Waals surface area (Å²) in [5.41, 5.74) is 1.02. The summed E-state index contributed by atoms with van der Waals surface area (Å²) in [5, 5.41) is 1.10. The second-order valence-electron chi connectivity index (χ2n) is 7.23. The van der Waals surface area contributed by atoms with Crippen molar-refractivity contribution in [1.29, 1.82) is 0 Å². The third kappa shape index (κ3) is 8.22. The largest absolute Gasteiger partial charge is 0.445 e. The molecule has 1 aliphatic rings. The first-order valence-electron chi connectivity index (χ1n) is 10.4. The normalized spacial score (nSPS) is 19.6. The lowest BCUT2D eigenvalue weighted by Gasteiger charge is -2.35. The molecule has 0 aromatic heterocycles. The topological polar surface area (TPSA) is 38.8 Å². The first-order chi connectivity index (χ1) is 13.2. The number of carbonyl (C=O) groups is 1. The molecule has 1 amide bonds. The van der Waals surface area contributed by atoms with Crippen molar-refractivity contribution < 1.29 is 14.3 Å². The number of unbranched alkanes of at least 4 members (excludes halogenated alkanes) is 3. The van der Waals surface area contributed by atoms with E-state index >= 15 is 0 Å². The number of alkyl halides is 1. The fraction of sp³-hybridized carbons (Fsp3) is 0.682. The van der Waals surface area contributed by atoms with Crippen molar-refractivity contribution in [3.05, 3.63) is 35.9 Å². The van der Waals surface area contributed by atoms with Gasteiger partial charge in [0, 0.05) is 24.5 Å². The second kappa shape index (κ2) is 13.2. The quantitative estimate of drug-likeness (QED) is 0.316. The Bertz CT molecular complexity index is 518. The highest BCUT2D eigenvalue weighted by Crippen LogP contribution is 2.26. The number of hydrogen-bond acceptors (Lipinski definition) is 3. The summed E-state index contributed by atoms with van der Waals surface area (Å²) in [4.78, 5) is 14.4. The van der Waals surface area contributed by atoms with Gasteiger partial charge >= 0.3 is 6.09 Å². The molecule has 1 saturated carbocycles. The number of amides is 1. The van der Waals surface area contributed by atoms with Gasteiger partial charge in [0.05, 0.1) is 6.10 Å². The maximum absolute atomic E-state index is 12.5. The first kappa shape index (κ1) is 22.2. The van der Waals surface area contributed by atoms with Crippen LogP contribution in [0, 0.1) is 0 Å². The number of rotatable bonds is 11. The molecule has 5 heteroatoms. The number of benzene rings is 1. The van der Waals surface area contributed by atoms with Crippen molar-refractivity contribution in [1.82, 2.24) is 4.90 Å². The van der Waals surface area contributed by atoms with Gasteiger partial charge < -0.3 is 14.4 Å². The van der Waals surface area contributed by atoms with Crippen molar-refractivity contribution in [2.75, 3.05) is 18.5 Å². The van der Waals surface area contributed by atoms with Crippen LogP contribution in [0.2, 0.25) is 0 Å². The molecule has 0 aliphatic heterocycles. The Morgan fingerprint density at radius 2 is 1.78 bits per heavy atom. The van der Waals surface area contributed by atoms with Crippen molar-refractivity contribution in [3.63, 3.8) is 0 Å². The van der Waals surface area contributed by atoms with Crippen LogP contribution >= 0.6 is 15.9 Å². The SMILES string of the molecule is CCN(C(=O)OCc1ccccc1)C1CCC(OCCCCCCBr)CC1. The van der Waals surface area contributed by atoms with Gasteiger partial charge in [-0.2, -0.15) is 0 Å². The van der Waals surface area contributed by atoms with Gasteiger partial charge in [-0.15, -0.1) is 0 Å². The van der Waals surface area contributed by atoms with Gasteiger partial charge in [-0.05, 0) is 51.0 Å². The van der Waals surface area contributed by atoms with E-state index in [-0.39, 0.29) is 12.1 Å². The van der Waals surface area contributed by atoms with Crippen LogP contribution in [0.25, 0.3) is 0 Å². The van der Waals surface area contributed by atoms with Crippen molar-refractivity contribution in [2.45, 2.75) is 77.0 Å². The minimum absolute atomic E-state index is 0.197. The molecule has 0 N–H and O–H groups in total. The van der Waals surface area contributed by atoms with Crippen LogP contribution < -0.4 is 0 Å². The minimum Gasteiger partial charge on any atom is -0.445 e. The lowest BCUT2D eigenvalue weighted by atomic mass is 9.92. The molecule has 1 aromatic carbocycles. The van der Waals surface area contributed by atoms with Crippen LogP contribution in [0.15, 0.2) is 30.3 Å². The molecule has 0 atom stereocenters. The van der Waals surface area contributed by atoms with E-state index in [0.717, 1.165) is 49.6 Å². The van der Waals surface area contributed by atoms with Crippen LogP contribution in [0.1, 0.15) is 63.9 Å². The molecule has 27 heavy (non-hydrogen) atoms. The third-order valence-electron chi connectivity index (χ3n) is 5.25. The van der Waals surface area contributed by atoms with Crippen LogP contribution in [-0.2, 0) is 16.1 Å². The fourth-order valence-electron chi connectivity index (χ4n) is 3.66. The standard InChI is InChI=1S/C22H34BrNO3/c1-2-24(22(25)27-18-19-10-6-5-7-11-19)20-12-14-21(15-13-20)26-17-9-4-3-8-16-23/h5-7,10-11,20-21H,2-4,8-9,12-18H2,1H3. The maximum atomic E-state index is 12.5. The molecule has 1 fully saturated rings. The Hall–Kier alpha value is -1.07. The predicted octanol–water partition coefficient (Wildman–Crippen LogP) is 5.93. The molecule has 4 nitrogen and oxygen atoms in total. The van der Waals surface area contributed by atoms with E-state index in [4.69, 9.17) is 9.47 Å². The Kier molecular flexibility index (Phi) is 10.8. The summed E-state index contributed by atoms with van der Waals surface area (Å²) >= 11 is 3.47. The predicted molar refractivity (Wildman–Crippen MR) is 113 cm³/mol. The van der Waals surface area contributed by atoms with Gasteiger partial charge in [0.25, 0.3) is 0 Å². The highest BCUT2D eigenvalue weighted by molar-refractivity contribution is 9.09. The van der Waals surface area contributed by atoms with E-state index in [9.17, 15) is 4.79 Å². The summed E-state index contributed by atoms with van der Waals surface area (Å²) in [5.74, 6) is 0. The third-order valence-corrected chi connectivity index (χ3v) is 5.81. The van der Waals surface area contributed by atoms with E-state index < -0.39 is 0 Å². The molecule has 1 aliphatic carbocycles. The minimum atomic E-state index is -0.197. The maximum Gasteiger partial charge on any atom is 0.410 e. The fourth-order valence-corrected chi connectivity index (χ4v) is 4.06. The number of nitrogens with zero attached hydrogens (tertiary/aromatic N) is 1. The van der Waals surface area contributed by atoms with Crippen molar-refractivity contribution in [2.24, 2.45) is 0 Å². The molecule has 1 aromatic rings. The van der Waals surface area contributed by atoms with Crippen LogP contribution in [-0.4, -0.2) is 41.6 Å². The number of hydrogen-bond donors (Lipinski definition) is 0. The van der Waals surface area contributed by atoms with Gasteiger partial charge in [0.1, 0.15) is 6.61 Å². The first-order valence-corrected chi connectivity index (χ1v) is 11.5. The Labute approximate surface area is 172 Å². The van der Waals surface area contributed by atoms with E-state index in [0.29, 0.717) is 19.3 Å². The number of ether oxygens (including phenoxy) is 2. The lowest BCUT2D eigenvalue weighted by molar-refractivity contribution is 0.00407. The Morgan fingerprint density at radius 3 is 2.44 bits per heavy atom. The summed E-state index contributed by atoms with van der Waals surface area (Å²) < 4.78 is 11.6. The second-order valence-corrected chi connectivity index (χ2v) is 8.02. The van der Waals surface area contributed by atoms with Crippen molar-refractivity contribution >= 4 is 22.0 Å². The van der Waals surface area contributed by atoms with E-state index in [1.165, 1.54) is 19.3 Å². The Morgan fingerprint density at radius 1 is 1.07 bits per heavy atom. The van der Waals surface area contributed by atoms with E-state index in [1.54, 1.807) is 0 Å². The molecule has 0 radical (unpaired) electrons. The monoisotopic (exact) mass is 439 g/mol. The van der Waals surface area contributed by atoms with E-state index in [2.05, 4.69) is 15.9 Å². The zero-order valence-electron chi connectivity index (χ0n) is 16.6. The van der Waals surface area contributed by atoms with Crippen LogP contribution in [0.5, 0.6) is 0 Å². The number of carbonyl (C=O) groups excluding carboxylic acids is 1. The Balaban J connectivity index is 1.65. The van der Waals surface area contributed by atoms with Crippen molar-refractivity contribution in [3.8, 4) is 0 Å². The molecule has 0 saturated heterocycles. The molecular weight excluding hydrogens is 406 g/mol. The summed E-state index contributed by atoms with van der Waals surface area (Å²) in [7, 11) is 0. The van der Waals surface area contributed by atoms with Gasteiger partial charge in [-0.1, -0.05) is 59.1 Å².